The normalized spacial score (nSPS) is 20.4. The molecule has 0 aliphatic carbocycles. The number of allylic oxidation sites excluding steroid dienone is 1. The molecule has 0 radical (unpaired) electrons. The molecule has 1 aliphatic heterocycles. The van der Waals surface area contributed by atoms with Gasteiger partial charge in [0.15, 0.2) is 0 Å². The fraction of sp³-hybridized carbons (Fsp3) is 0.636. The summed E-state index contributed by atoms with van der Waals surface area (Å²) in [4.78, 5) is 0. The van der Waals surface area contributed by atoms with E-state index in [0.29, 0.717) is 0 Å². The lowest BCUT2D eigenvalue weighted by Crippen LogP contribution is -2.25. The Balaban J connectivity index is 2.59. The van der Waals surface area contributed by atoms with Gasteiger partial charge >= 0.3 is 0 Å². The van der Waals surface area contributed by atoms with Crippen LogP contribution in [0.15, 0.2) is 24.8 Å². The number of hydrogen-bond acceptors (Lipinski definition) is 3. The molecule has 1 heterocycles. The zero-order valence-corrected chi connectivity index (χ0v) is 10.1. The van der Waals surface area contributed by atoms with Crippen LogP contribution in [0.3, 0.4) is 0 Å². The number of aliphatic hydroxyl groups excluding tert-OH is 1. The van der Waals surface area contributed by atoms with Gasteiger partial charge in [-0.05, 0) is 36.3 Å². The molecule has 0 aromatic heterocycles. The highest BCUT2D eigenvalue weighted by Gasteiger charge is 2.32. The molecule has 80 valence electrons. The monoisotopic (exact) mass is 230 g/mol. The van der Waals surface area contributed by atoms with E-state index in [9.17, 15) is 0 Å². The molecule has 0 unspecified atom stereocenters. The van der Waals surface area contributed by atoms with Crippen molar-refractivity contribution >= 4 is 23.5 Å². The Morgan fingerprint density at radius 1 is 1.43 bits per heavy atom. The number of hydrogen-bond donors (Lipinski definition) is 1. The van der Waals surface area contributed by atoms with Crippen LogP contribution < -0.4 is 0 Å². The van der Waals surface area contributed by atoms with Crippen LogP contribution in [0, 0.1) is 0 Å². The van der Waals surface area contributed by atoms with E-state index in [4.69, 9.17) is 5.11 Å². The molecule has 1 rings (SSSR count). The van der Waals surface area contributed by atoms with Gasteiger partial charge in [-0.25, -0.2) is 0 Å². The molecule has 1 N–H and O–H groups in total. The summed E-state index contributed by atoms with van der Waals surface area (Å²) < 4.78 is 0.208. The van der Waals surface area contributed by atoms with Gasteiger partial charge in [0.2, 0.25) is 0 Å². The van der Waals surface area contributed by atoms with Gasteiger partial charge in [-0.1, -0.05) is 12.7 Å². The second-order valence-electron chi connectivity index (χ2n) is 3.54. The van der Waals surface area contributed by atoms with Gasteiger partial charge in [0, 0.05) is 0 Å². The van der Waals surface area contributed by atoms with Crippen molar-refractivity contribution < 1.29 is 5.11 Å². The van der Waals surface area contributed by atoms with Crippen LogP contribution in [-0.4, -0.2) is 27.3 Å². The van der Waals surface area contributed by atoms with E-state index in [1.54, 1.807) is 0 Å². The van der Waals surface area contributed by atoms with Crippen molar-refractivity contribution in [2.24, 2.45) is 0 Å². The third-order valence-corrected chi connectivity index (χ3v) is 5.58. The van der Waals surface area contributed by atoms with Gasteiger partial charge in [-0.2, -0.15) is 0 Å². The van der Waals surface area contributed by atoms with Crippen molar-refractivity contribution in [1.29, 1.82) is 0 Å². The summed E-state index contributed by atoms with van der Waals surface area (Å²) in [6.07, 6.45) is 5.18. The minimum absolute atomic E-state index is 0.111. The molecule has 0 aromatic carbocycles. The minimum Gasteiger partial charge on any atom is -0.392 e. The summed E-state index contributed by atoms with van der Waals surface area (Å²) in [6.45, 7) is 7.81. The molecule has 1 saturated heterocycles. The van der Waals surface area contributed by atoms with E-state index in [2.05, 4.69) is 13.2 Å². The van der Waals surface area contributed by atoms with Gasteiger partial charge < -0.3 is 5.11 Å². The summed E-state index contributed by atoms with van der Waals surface area (Å²) in [5, 5.41) is 9.00. The molecule has 0 atom stereocenters. The second kappa shape index (κ2) is 5.89. The molecular weight excluding hydrogens is 212 g/mol. The Kier molecular flexibility index (Phi) is 5.13. The summed E-state index contributed by atoms with van der Waals surface area (Å²) in [5.74, 6) is 2.44. The standard InChI is InChI=1S/C11H18OS2/c1-3-5-11(8-10(2)9-12)13-6-4-7-14-11/h3,12H,1-2,4-9H2. The average Bonchev–Trinajstić information content (AvgIpc) is 2.19. The van der Waals surface area contributed by atoms with Gasteiger partial charge in [0.25, 0.3) is 0 Å². The zero-order valence-electron chi connectivity index (χ0n) is 8.50. The van der Waals surface area contributed by atoms with Crippen molar-refractivity contribution in [3.05, 3.63) is 24.8 Å². The Morgan fingerprint density at radius 2 is 2.07 bits per heavy atom. The van der Waals surface area contributed by atoms with Crippen LogP contribution >= 0.6 is 23.5 Å². The highest BCUT2D eigenvalue weighted by atomic mass is 32.2. The Morgan fingerprint density at radius 3 is 2.57 bits per heavy atom. The molecular formula is C11H18OS2. The summed E-state index contributed by atoms with van der Waals surface area (Å²) in [6, 6.07) is 0. The molecule has 0 amide bonds. The lowest BCUT2D eigenvalue weighted by Gasteiger charge is -2.35. The van der Waals surface area contributed by atoms with Crippen LogP contribution in [-0.2, 0) is 0 Å². The Labute approximate surface area is 95.0 Å². The average molecular weight is 230 g/mol. The van der Waals surface area contributed by atoms with Crippen molar-refractivity contribution in [3.63, 3.8) is 0 Å². The van der Waals surface area contributed by atoms with Crippen molar-refractivity contribution in [2.75, 3.05) is 18.1 Å². The predicted molar refractivity (Wildman–Crippen MR) is 67.9 cm³/mol. The van der Waals surface area contributed by atoms with E-state index in [1.165, 1.54) is 17.9 Å². The maximum atomic E-state index is 9.00. The maximum absolute atomic E-state index is 9.00. The first-order valence-corrected chi connectivity index (χ1v) is 6.86. The van der Waals surface area contributed by atoms with E-state index in [0.717, 1.165) is 18.4 Å². The van der Waals surface area contributed by atoms with Crippen molar-refractivity contribution in [1.82, 2.24) is 0 Å². The van der Waals surface area contributed by atoms with Crippen LogP contribution in [0.25, 0.3) is 0 Å². The van der Waals surface area contributed by atoms with Crippen LogP contribution in [0.1, 0.15) is 19.3 Å². The summed E-state index contributed by atoms with van der Waals surface area (Å²) in [5.41, 5.74) is 0.939. The Bertz CT molecular complexity index is 207. The molecule has 1 nitrogen and oxygen atoms in total. The van der Waals surface area contributed by atoms with Crippen molar-refractivity contribution in [2.45, 2.75) is 23.3 Å². The molecule has 3 heteroatoms. The minimum atomic E-state index is 0.111. The largest absolute Gasteiger partial charge is 0.392 e. The second-order valence-corrected chi connectivity index (χ2v) is 6.75. The number of aliphatic hydroxyl groups is 1. The first-order chi connectivity index (χ1) is 6.72. The molecule has 0 spiro atoms. The third-order valence-electron chi connectivity index (χ3n) is 2.22. The number of thioether (sulfide) groups is 2. The molecule has 0 aromatic rings. The Hall–Kier alpha value is 0.140. The van der Waals surface area contributed by atoms with E-state index in [1.807, 2.05) is 29.6 Å². The van der Waals surface area contributed by atoms with Gasteiger partial charge in [0.1, 0.15) is 0 Å². The fourth-order valence-corrected chi connectivity index (χ4v) is 4.99. The van der Waals surface area contributed by atoms with Crippen molar-refractivity contribution in [3.8, 4) is 0 Å². The summed E-state index contributed by atoms with van der Waals surface area (Å²) >= 11 is 4.00. The SMILES string of the molecule is C=CCC1(CC(=C)CO)SCCCS1. The molecule has 1 aliphatic rings. The highest BCUT2D eigenvalue weighted by molar-refractivity contribution is 8.18. The zero-order chi connectivity index (χ0) is 10.4. The predicted octanol–water partition coefficient (Wildman–Crippen LogP) is 3.07. The molecule has 0 bridgehead atoms. The first kappa shape index (κ1) is 12.2. The smallest absolute Gasteiger partial charge is 0.0682 e. The number of rotatable bonds is 5. The van der Waals surface area contributed by atoms with Crippen LogP contribution in [0.5, 0.6) is 0 Å². The van der Waals surface area contributed by atoms with E-state index >= 15 is 0 Å². The first-order valence-electron chi connectivity index (χ1n) is 4.89. The van der Waals surface area contributed by atoms with E-state index in [-0.39, 0.29) is 10.7 Å². The lowest BCUT2D eigenvalue weighted by molar-refractivity contribution is 0.326. The molecule has 14 heavy (non-hydrogen) atoms. The van der Waals surface area contributed by atoms with E-state index < -0.39 is 0 Å². The summed E-state index contributed by atoms with van der Waals surface area (Å²) in [7, 11) is 0. The van der Waals surface area contributed by atoms with Crippen LogP contribution in [0.2, 0.25) is 0 Å². The molecule has 0 saturated carbocycles. The molecule has 1 fully saturated rings. The van der Waals surface area contributed by atoms with Crippen LogP contribution in [0.4, 0.5) is 0 Å². The fourth-order valence-electron chi connectivity index (χ4n) is 1.57. The lowest BCUT2D eigenvalue weighted by atomic mass is 10.1. The topological polar surface area (TPSA) is 20.2 Å². The quantitative estimate of drug-likeness (QED) is 0.733. The van der Waals surface area contributed by atoms with Gasteiger partial charge in [-0.3, -0.25) is 0 Å². The maximum Gasteiger partial charge on any atom is 0.0682 e. The third kappa shape index (κ3) is 3.37. The van der Waals surface area contributed by atoms with Gasteiger partial charge in [0.05, 0.1) is 10.7 Å². The highest BCUT2D eigenvalue weighted by Crippen LogP contribution is 2.48. The van der Waals surface area contributed by atoms with Gasteiger partial charge in [-0.15, -0.1) is 30.1 Å².